The number of halogens is 1. The SMILES string of the molecule is CC(C)[C@H]1COC(=O)N1c1ccnc(NCc2cnn(-c3ccc(F)cc3)c2)n1. The van der Waals surface area contributed by atoms with Gasteiger partial charge in [0.25, 0.3) is 0 Å². The number of hydrogen-bond donors (Lipinski definition) is 1. The summed E-state index contributed by atoms with van der Waals surface area (Å²) < 4.78 is 19.9. The molecule has 1 aliphatic heterocycles. The summed E-state index contributed by atoms with van der Waals surface area (Å²) in [5, 5.41) is 7.44. The molecule has 1 saturated heterocycles. The largest absolute Gasteiger partial charge is 0.447 e. The van der Waals surface area contributed by atoms with Gasteiger partial charge >= 0.3 is 6.09 Å². The number of hydrogen-bond acceptors (Lipinski definition) is 6. The fourth-order valence-electron chi connectivity index (χ4n) is 3.13. The number of rotatable bonds is 6. The minimum Gasteiger partial charge on any atom is -0.447 e. The van der Waals surface area contributed by atoms with Crippen LogP contribution in [0.5, 0.6) is 0 Å². The Hall–Kier alpha value is -3.49. The van der Waals surface area contributed by atoms with Crippen LogP contribution in [0.4, 0.5) is 21.0 Å². The smallest absolute Gasteiger partial charge is 0.415 e. The van der Waals surface area contributed by atoms with Gasteiger partial charge in [0.05, 0.1) is 17.9 Å². The van der Waals surface area contributed by atoms with Gasteiger partial charge in [0.15, 0.2) is 0 Å². The normalized spacial score (nSPS) is 16.3. The summed E-state index contributed by atoms with van der Waals surface area (Å²) in [5.74, 6) is 0.858. The molecule has 0 aliphatic carbocycles. The van der Waals surface area contributed by atoms with Gasteiger partial charge in [-0.05, 0) is 36.2 Å². The van der Waals surface area contributed by atoms with Crippen LogP contribution in [-0.2, 0) is 11.3 Å². The Labute approximate surface area is 167 Å². The van der Waals surface area contributed by atoms with Crippen molar-refractivity contribution in [3.05, 3.63) is 60.3 Å². The zero-order valence-corrected chi connectivity index (χ0v) is 16.1. The summed E-state index contributed by atoms with van der Waals surface area (Å²) in [5.41, 5.74) is 1.67. The summed E-state index contributed by atoms with van der Waals surface area (Å²) in [6, 6.07) is 7.74. The molecule has 150 valence electrons. The number of cyclic esters (lactones) is 1. The lowest BCUT2D eigenvalue weighted by Gasteiger charge is -2.23. The monoisotopic (exact) mass is 396 g/mol. The van der Waals surface area contributed by atoms with E-state index in [4.69, 9.17) is 4.74 Å². The number of ether oxygens (including phenoxy) is 1. The summed E-state index contributed by atoms with van der Waals surface area (Å²) >= 11 is 0. The zero-order valence-electron chi connectivity index (χ0n) is 16.1. The maximum absolute atomic E-state index is 13.1. The highest BCUT2D eigenvalue weighted by atomic mass is 19.1. The van der Waals surface area contributed by atoms with Gasteiger partial charge in [-0.15, -0.1) is 0 Å². The molecule has 0 unspecified atom stereocenters. The molecule has 1 amide bonds. The van der Waals surface area contributed by atoms with Crippen molar-refractivity contribution >= 4 is 17.9 Å². The van der Waals surface area contributed by atoms with Crippen molar-refractivity contribution in [2.24, 2.45) is 5.92 Å². The number of carbonyl (C=O) groups is 1. The summed E-state index contributed by atoms with van der Waals surface area (Å²) in [6.07, 6.45) is 4.77. The topological polar surface area (TPSA) is 85.2 Å². The molecule has 1 aliphatic rings. The standard InChI is InChI=1S/C20H21FN6O2/c1-13(2)17-12-29-20(28)27(17)18-7-8-22-19(25-18)23-9-14-10-24-26(11-14)16-5-3-15(21)4-6-16/h3-8,10-11,13,17H,9,12H2,1-2H3,(H,22,23,25)/t17-/m1/s1. The predicted molar refractivity (Wildman–Crippen MR) is 105 cm³/mol. The van der Waals surface area contributed by atoms with E-state index in [1.807, 2.05) is 20.0 Å². The Balaban J connectivity index is 1.45. The number of benzene rings is 1. The summed E-state index contributed by atoms with van der Waals surface area (Å²) in [6.45, 7) is 4.88. The highest BCUT2D eigenvalue weighted by Crippen LogP contribution is 2.25. The van der Waals surface area contributed by atoms with Gasteiger partial charge in [-0.1, -0.05) is 13.8 Å². The molecule has 0 bridgehead atoms. The predicted octanol–water partition coefficient (Wildman–Crippen LogP) is 3.39. The molecule has 3 aromatic rings. The number of aromatic nitrogens is 4. The molecule has 1 fully saturated rings. The molecule has 1 atom stereocenters. The zero-order chi connectivity index (χ0) is 20.4. The number of carbonyl (C=O) groups excluding carboxylic acids is 1. The number of nitrogens with one attached hydrogen (secondary N) is 1. The van der Waals surface area contributed by atoms with Crippen molar-refractivity contribution in [3.8, 4) is 5.69 Å². The lowest BCUT2D eigenvalue weighted by Crippen LogP contribution is -2.37. The van der Waals surface area contributed by atoms with Crippen molar-refractivity contribution in [2.75, 3.05) is 16.8 Å². The Morgan fingerprint density at radius 3 is 2.83 bits per heavy atom. The first-order valence-electron chi connectivity index (χ1n) is 9.33. The number of anilines is 2. The highest BCUT2D eigenvalue weighted by molar-refractivity contribution is 5.89. The Morgan fingerprint density at radius 2 is 2.07 bits per heavy atom. The maximum Gasteiger partial charge on any atom is 0.415 e. The summed E-state index contributed by atoms with van der Waals surface area (Å²) in [4.78, 5) is 22.4. The molecule has 9 heteroatoms. The van der Waals surface area contributed by atoms with Crippen molar-refractivity contribution in [1.29, 1.82) is 0 Å². The molecule has 0 spiro atoms. The third kappa shape index (κ3) is 4.03. The van der Waals surface area contributed by atoms with Crippen molar-refractivity contribution in [2.45, 2.75) is 26.4 Å². The van der Waals surface area contributed by atoms with E-state index < -0.39 is 6.09 Å². The second kappa shape index (κ2) is 7.86. The van der Waals surface area contributed by atoms with Crippen LogP contribution in [-0.4, -0.2) is 38.5 Å². The van der Waals surface area contributed by atoms with E-state index in [0.29, 0.717) is 24.9 Å². The lowest BCUT2D eigenvalue weighted by molar-refractivity contribution is 0.177. The van der Waals surface area contributed by atoms with Crippen molar-refractivity contribution < 1.29 is 13.9 Å². The van der Waals surface area contributed by atoms with Crippen LogP contribution in [0.25, 0.3) is 5.69 Å². The molecule has 3 heterocycles. The van der Waals surface area contributed by atoms with E-state index in [1.54, 1.807) is 40.2 Å². The first-order chi connectivity index (χ1) is 14.0. The molecular formula is C20H21FN6O2. The fraction of sp³-hybridized carbons (Fsp3) is 0.300. The van der Waals surface area contributed by atoms with Crippen molar-refractivity contribution in [3.63, 3.8) is 0 Å². The molecule has 8 nitrogen and oxygen atoms in total. The molecular weight excluding hydrogens is 375 g/mol. The minimum absolute atomic E-state index is 0.0563. The fourth-order valence-corrected chi connectivity index (χ4v) is 3.13. The molecule has 4 rings (SSSR count). The van der Waals surface area contributed by atoms with Crippen LogP contribution in [0.2, 0.25) is 0 Å². The number of nitrogens with zero attached hydrogens (tertiary/aromatic N) is 5. The van der Waals surface area contributed by atoms with Gasteiger partial charge in [0.2, 0.25) is 5.95 Å². The third-order valence-corrected chi connectivity index (χ3v) is 4.74. The van der Waals surface area contributed by atoms with Crippen LogP contribution < -0.4 is 10.2 Å². The van der Waals surface area contributed by atoms with Crippen LogP contribution in [0, 0.1) is 11.7 Å². The molecule has 1 aromatic carbocycles. The quantitative estimate of drug-likeness (QED) is 0.687. The first-order valence-corrected chi connectivity index (χ1v) is 9.33. The molecule has 0 saturated carbocycles. The van der Waals surface area contributed by atoms with Gasteiger partial charge in [-0.25, -0.2) is 18.9 Å². The van der Waals surface area contributed by atoms with E-state index in [1.165, 1.54) is 12.1 Å². The van der Waals surface area contributed by atoms with Gasteiger partial charge < -0.3 is 10.1 Å². The highest BCUT2D eigenvalue weighted by Gasteiger charge is 2.37. The Bertz CT molecular complexity index is 1000. The molecule has 1 N–H and O–H groups in total. The van der Waals surface area contributed by atoms with E-state index in [9.17, 15) is 9.18 Å². The van der Waals surface area contributed by atoms with Crippen LogP contribution in [0.1, 0.15) is 19.4 Å². The van der Waals surface area contributed by atoms with E-state index in [2.05, 4.69) is 20.4 Å². The average molecular weight is 396 g/mol. The van der Waals surface area contributed by atoms with Gasteiger partial charge in [-0.3, -0.25) is 4.90 Å². The lowest BCUT2D eigenvalue weighted by atomic mass is 10.0. The van der Waals surface area contributed by atoms with Crippen LogP contribution >= 0.6 is 0 Å². The second-order valence-electron chi connectivity index (χ2n) is 7.12. The van der Waals surface area contributed by atoms with Crippen LogP contribution in [0.15, 0.2) is 48.9 Å². The van der Waals surface area contributed by atoms with Gasteiger partial charge in [0.1, 0.15) is 18.2 Å². The number of amides is 1. The van der Waals surface area contributed by atoms with Crippen LogP contribution in [0.3, 0.4) is 0 Å². The van der Waals surface area contributed by atoms with Gasteiger partial charge in [-0.2, -0.15) is 10.1 Å². The first kappa shape index (κ1) is 18.9. The molecule has 0 radical (unpaired) electrons. The van der Waals surface area contributed by atoms with E-state index in [0.717, 1.165) is 11.3 Å². The molecule has 29 heavy (non-hydrogen) atoms. The second-order valence-corrected chi connectivity index (χ2v) is 7.12. The third-order valence-electron chi connectivity index (χ3n) is 4.74. The Morgan fingerprint density at radius 1 is 1.28 bits per heavy atom. The average Bonchev–Trinajstić information content (AvgIpc) is 3.34. The van der Waals surface area contributed by atoms with Crippen molar-refractivity contribution in [1.82, 2.24) is 19.7 Å². The maximum atomic E-state index is 13.1. The minimum atomic E-state index is -0.395. The molecule has 2 aromatic heterocycles. The van der Waals surface area contributed by atoms with Gasteiger partial charge in [0, 0.05) is 24.5 Å². The van der Waals surface area contributed by atoms with E-state index in [-0.39, 0.29) is 17.8 Å². The van der Waals surface area contributed by atoms with E-state index >= 15 is 0 Å². The summed E-state index contributed by atoms with van der Waals surface area (Å²) in [7, 11) is 0. The Kier molecular flexibility index (Phi) is 5.11.